The average molecular weight is 244 g/mol. The first-order valence-corrected chi connectivity index (χ1v) is 6.89. The van der Waals surface area contributed by atoms with E-state index in [0.717, 1.165) is 26.1 Å². The second-order valence-corrected chi connectivity index (χ2v) is 5.45. The lowest BCUT2D eigenvalue weighted by Gasteiger charge is -2.36. The molecule has 2 N–H and O–H groups in total. The molecule has 0 saturated carbocycles. The van der Waals surface area contributed by atoms with E-state index in [1.54, 1.807) is 0 Å². The van der Waals surface area contributed by atoms with Crippen LogP contribution in [-0.4, -0.2) is 19.6 Å². The Labute approximate surface area is 110 Å². The Kier molecular flexibility index (Phi) is 4.43. The predicted molar refractivity (Wildman–Crippen MR) is 77.5 cm³/mol. The van der Waals surface area contributed by atoms with Crippen molar-refractivity contribution in [1.29, 1.82) is 0 Å². The second kappa shape index (κ2) is 6.05. The highest BCUT2D eigenvalue weighted by Gasteiger charge is 2.29. The maximum Gasteiger partial charge on any atom is 0.0184 e. The number of hydrogen-bond acceptors (Lipinski definition) is 2. The van der Waals surface area contributed by atoms with E-state index in [2.05, 4.69) is 54.5 Å². The van der Waals surface area contributed by atoms with Gasteiger partial charge in [-0.25, -0.2) is 0 Å². The molecule has 0 amide bonds. The van der Waals surface area contributed by atoms with E-state index in [9.17, 15) is 0 Å². The molecular formula is C16H24N2. The van der Waals surface area contributed by atoms with Crippen molar-refractivity contribution in [2.45, 2.75) is 26.2 Å². The van der Waals surface area contributed by atoms with Gasteiger partial charge in [-0.1, -0.05) is 43.8 Å². The quantitative estimate of drug-likeness (QED) is 0.832. The molecule has 0 aromatic heterocycles. The van der Waals surface area contributed by atoms with Gasteiger partial charge >= 0.3 is 0 Å². The number of allylic oxidation sites excluding steroid dienone is 1. The molecule has 0 bridgehead atoms. The third-order valence-electron chi connectivity index (χ3n) is 4.03. The zero-order valence-corrected chi connectivity index (χ0v) is 11.3. The first-order valence-electron chi connectivity index (χ1n) is 6.89. The van der Waals surface area contributed by atoms with Crippen molar-refractivity contribution < 1.29 is 0 Å². The van der Waals surface area contributed by atoms with E-state index in [1.807, 2.05) is 0 Å². The Morgan fingerprint density at radius 3 is 2.61 bits per heavy atom. The third-order valence-corrected chi connectivity index (χ3v) is 4.03. The van der Waals surface area contributed by atoms with Crippen molar-refractivity contribution in [3.05, 3.63) is 48.2 Å². The van der Waals surface area contributed by atoms with Crippen LogP contribution in [0.15, 0.2) is 42.6 Å². The number of benzene rings is 1. The fourth-order valence-electron chi connectivity index (χ4n) is 2.50. The van der Waals surface area contributed by atoms with E-state index in [0.29, 0.717) is 0 Å². The van der Waals surface area contributed by atoms with Crippen LogP contribution >= 0.6 is 0 Å². The van der Waals surface area contributed by atoms with Gasteiger partial charge in [-0.15, -0.1) is 0 Å². The summed E-state index contributed by atoms with van der Waals surface area (Å²) >= 11 is 0. The zero-order chi connectivity index (χ0) is 12.8. The van der Waals surface area contributed by atoms with Gasteiger partial charge in [0.15, 0.2) is 0 Å². The molecule has 2 heteroatoms. The fourth-order valence-corrected chi connectivity index (χ4v) is 2.50. The zero-order valence-electron chi connectivity index (χ0n) is 11.3. The maximum absolute atomic E-state index is 4.24. The van der Waals surface area contributed by atoms with Gasteiger partial charge in [0.2, 0.25) is 0 Å². The first-order chi connectivity index (χ1) is 8.71. The van der Waals surface area contributed by atoms with Crippen LogP contribution in [0.4, 0.5) is 0 Å². The van der Waals surface area contributed by atoms with Gasteiger partial charge < -0.3 is 10.6 Å². The number of rotatable bonds is 5. The van der Waals surface area contributed by atoms with Crippen molar-refractivity contribution in [1.82, 2.24) is 10.6 Å². The molecule has 98 valence electrons. The molecule has 1 aliphatic heterocycles. The summed E-state index contributed by atoms with van der Waals surface area (Å²) in [5, 5.41) is 6.93. The van der Waals surface area contributed by atoms with Crippen molar-refractivity contribution in [2.24, 2.45) is 5.41 Å². The van der Waals surface area contributed by atoms with E-state index in [-0.39, 0.29) is 5.41 Å². The van der Waals surface area contributed by atoms with Crippen molar-refractivity contribution in [2.75, 3.05) is 19.6 Å². The van der Waals surface area contributed by atoms with Gasteiger partial charge in [-0.05, 0) is 37.9 Å². The number of hydrogen-bond donors (Lipinski definition) is 2. The molecule has 18 heavy (non-hydrogen) atoms. The van der Waals surface area contributed by atoms with Crippen LogP contribution < -0.4 is 10.6 Å². The fraction of sp³-hybridized carbons (Fsp3) is 0.500. The van der Waals surface area contributed by atoms with Crippen molar-refractivity contribution >= 4 is 0 Å². The topological polar surface area (TPSA) is 24.1 Å². The lowest BCUT2D eigenvalue weighted by atomic mass is 9.78. The molecule has 0 radical (unpaired) electrons. The molecule has 0 aliphatic carbocycles. The minimum absolute atomic E-state index is 0.266. The van der Waals surface area contributed by atoms with Crippen LogP contribution in [0.25, 0.3) is 0 Å². The minimum Gasteiger partial charge on any atom is -0.388 e. The van der Waals surface area contributed by atoms with E-state index in [1.165, 1.54) is 24.1 Å². The van der Waals surface area contributed by atoms with Gasteiger partial charge in [0, 0.05) is 17.7 Å². The third kappa shape index (κ3) is 3.36. The molecule has 0 spiro atoms. The van der Waals surface area contributed by atoms with Gasteiger partial charge in [0.05, 0.1) is 0 Å². The molecule has 1 aliphatic rings. The van der Waals surface area contributed by atoms with Gasteiger partial charge in [-0.2, -0.15) is 0 Å². The van der Waals surface area contributed by atoms with Crippen LogP contribution in [0.2, 0.25) is 0 Å². The van der Waals surface area contributed by atoms with Crippen LogP contribution in [-0.2, 0) is 6.42 Å². The maximum atomic E-state index is 4.24. The molecule has 0 unspecified atom stereocenters. The van der Waals surface area contributed by atoms with E-state index in [4.69, 9.17) is 0 Å². The molecule has 1 aromatic rings. The highest BCUT2D eigenvalue weighted by Crippen LogP contribution is 2.33. The summed E-state index contributed by atoms with van der Waals surface area (Å²) < 4.78 is 0. The molecule has 1 saturated heterocycles. The number of piperidine rings is 1. The van der Waals surface area contributed by atoms with Crippen molar-refractivity contribution in [3.63, 3.8) is 0 Å². The molecule has 1 aromatic carbocycles. The summed E-state index contributed by atoms with van der Waals surface area (Å²) in [6.45, 7) is 9.76. The molecule has 2 nitrogen and oxygen atoms in total. The SMILES string of the molecule is C=C(NCCc1ccccc1)C1(C)CCNCC1. The first kappa shape index (κ1) is 13.2. The molecule has 1 heterocycles. The Morgan fingerprint density at radius 1 is 1.28 bits per heavy atom. The minimum atomic E-state index is 0.266. The van der Waals surface area contributed by atoms with Gasteiger partial charge in [0.25, 0.3) is 0 Å². The van der Waals surface area contributed by atoms with Crippen LogP contribution in [0, 0.1) is 5.41 Å². The predicted octanol–water partition coefficient (Wildman–Crippen LogP) is 2.72. The average Bonchev–Trinajstić information content (AvgIpc) is 2.41. The summed E-state index contributed by atoms with van der Waals surface area (Å²) in [4.78, 5) is 0. The Balaban J connectivity index is 1.78. The van der Waals surface area contributed by atoms with E-state index < -0.39 is 0 Å². The standard InChI is InChI=1S/C16H24N2/c1-14(16(2)9-12-17-13-10-16)18-11-8-15-6-4-3-5-7-15/h3-7,17-18H,1,8-13H2,2H3. The van der Waals surface area contributed by atoms with Gasteiger partial charge in [0.1, 0.15) is 0 Å². The van der Waals surface area contributed by atoms with Crippen LogP contribution in [0.5, 0.6) is 0 Å². The lowest BCUT2D eigenvalue weighted by Crippen LogP contribution is -2.39. The highest BCUT2D eigenvalue weighted by atomic mass is 14.9. The van der Waals surface area contributed by atoms with Crippen molar-refractivity contribution in [3.8, 4) is 0 Å². The normalized spacial score (nSPS) is 18.3. The Bertz CT molecular complexity index is 377. The lowest BCUT2D eigenvalue weighted by molar-refractivity contribution is 0.268. The van der Waals surface area contributed by atoms with Gasteiger partial charge in [-0.3, -0.25) is 0 Å². The Morgan fingerprint density at radius 2 is 1.94 bits per heavy atom. The monoisotopic (exact) mass is 244 g/mol. The van der Waals surface area contributed by atoms with E-state index >= 15 is 0 Å². The summed E-state index contributed by atoms with van der Waals surface area (Å²) in [6.07, 6.45) is 3.43. The van der Waals surface area contributed by atoms with Crippen LogP contribution in [0.3, 0.4) is 0 Å². The summed E-state index contributed by atoms with van der Waals surface area (Å²) in [5.74, 6) is 0. The Hall–Kier alpha value is -1.28. The summed E-state index contributed by atoms with van der Waals surface area (Å²) in [7, 11) is 0. The molecular weight excluding hydrogens is 220 g/mol. The summed E-state index contributed by atoms with van der Waals surface area (Å²) in [6, 6.07) is 10.6. The smallest absolute Gasteiger partial charge is 0.0184 e. The highest BCUT2D eigenvalue weighted by molar-refractivity contribution is 5.15. The largest absolute Gasteiger partial charge is 0.388 e. The summed E-state index contributed by atoms with van der Waals surface area (Å²) in [5.41, 5.74) is 2.86. The number of nitrogens with one attached hydrogen (secondary N) is 2. The molecule has 1 fully saturated rings. The second-order valence-electron chi connectivity index (χ2n) is 5.45. The molecule has 0 atom stereocenters. The van der Waals surface area contributed by atoms with Crippen LogP contribution in [0.1, 0.15) is 25.3 Å². The molecule has 2 rings (SSSR count).